The Morgan fingerprint density at radius 1 is 1.48 bits per heavy atom. The number of carbonyl (C=O) groups excluding carboxylic acids is 1. The molecule has 1 aliphatic heterocycles. The summed E-state index contributed by atoms with van der Waals surface area (Å²) in [6, 6.07) is 2.89. The first-order chi connectivity index (χ1) is 10.0. The average molecular weight is 333 g/mol. The van der Waals surface area contributed by atoms with Crippen molar-refractivity contribution in [3.8, 4) is 5.75 Å². The van der Waals surface area contributed by atoms with Crippen molar-refractivity contribution in [1.29, 1.82) is 0 Å². The molecule has 1 heterocycles. The molecule has 0 radical (unpaired) electrons. The number of amides is 2. The van der Waals surface area contributed by atoms with E-state index in [-0.39, 0.29) is 18.6 Å². The van der Waals surface area contributed by atoms with E-state index in [1.54, 1.807) is 17.0 Å². The zero-order chi connectivity index (χ0) is 15.4. The molecule has 21 heavy (non-hydrogen) atoms. The van der Waals surface area contributed by atoms with Crippen LogP contribution in [0.2, 0.25) is 10.0 Å². The highest BCUT2D eigenvalue weighted by atomic mass is 35.5. The summed E-state index contributed by atoms with van der Waals surface area (Å²) in [7, 11) is 1.50. The molecule has 1 atom stereocenters. The van der Waals surface area contributed by atoms with Crippen molar-refractivity contribution >= 4 is 34.9 Å². The van der Waals surface area contributed by atoms with Crippen LogP contribution >= 0.6 is 23.2 Å². The SMILES string of the molecule is COc1cc(Cl)c(Cl)cc1NC(=O)N1CCCC(CO)C1. The maximum absolute atomic E-state index is 12.3. The number of nitrogens with one attached hydrogen (secondary N) is 1. The molecule has 2 rings (SSSR count). The lowest BCUT2D eigenvalue weighted by Gasteiger charge is -2.32. The Balaban J connectivity index is 2.10. The third-order valence-electron chi connectivity index (χ3n) is 3.55. The molecule has 1 fully saturated rings. The van der Waals surface area contributed by atoms with Gasteiger partial charge in [-0.25, -0.2) is 4.79 Å². The Bertz CT molecular complexity index is 525. The summed E-state index contributed by atoms with van der Waals surface area (Å²) < 4.78 is 5.20. The zero-order valence-electron chi connectivity index (χ0n) is 11.7. The van der Waals surface area contributed by atoms with Crippen LogP contribution in [0.3, 0.4) is 0 Å². The summed E-state index contributed by atoms with van der Waals surface area (Å²) in [4.78, 5) is 14.0. The van der Waals surface area contributed by atoms with Crippen LogP contribution in [0.4, 0.5) is 10.5 Å². The lowest BCUT2D eigenvalue weighted by atomic mass is 9.99. The smallest absolute Gasteiger partial charge is 0.321 e. The third-order valence-corrected chi connectivity index (χ3v) is 4.27. The molecule has 1 unspecified atom stereocenters. The van der Waals surface area contributed by atoms with Crippen molar-refractivity contribution < 1.29 is 14.6 Å². The van der Waals surface area contributed by atoms with E-state index in [1.165, 1.54) is 7.11 Å². The molecule has 1 saturated heterocycles. The van der Waals surface area contributed by atoms with Crippen LogP contribution in [0.5, 0.6) is 5.75 Å². The van der Waals surface area contributed by atoms with Crippen LogP contribution in [0.25, 0.3) is 0 Å². The molecule has 7 heteroatoms. The van der Waals surface area contributed by atoms with Crippen molar-refractivity contribution in [3.05, 3.63) is 22.2 Å². The Kier molecular flexibility index (Phi) is 5.56. The van der Waals surface area contributed by atoms with E-state index in [0.717, 1.165) is 12.8 Å². The van der Waals surface area contributed by atoms with Crippen LogP contribution in [0, 0.1) is 5.92 Å². The number of halogens is 2. The summed E-state index contributed by atoms with van der Waals surface area (Å²) in [6.07, 6.45) is 1.83. The van der Waals surface area contributed by atoms with E-state index in [9.17, 15) is 9.90 Å². The third kappa shape index (κ3) is 3.93. The van der Waals surface area contributed by atoms with Gasteiger partial charge in [-0.15, -0.1) is 0 Å². The molecule has 0 spiro atoms. The van der Waals surface area contributed by atoms with Crippen molar-refractivity contribution in [2.24, 2.45) is 5.92 Å². The molecular formula is C14H18Cl2N2O3. The van der Waals surface area contributed by atoms with E-state index in [4.69, 9.17) is 27.9 Å². The van der Waals surface area contributed by atoms with Gasteiger partial charge in [0.15, 0.2) is 0 Å². The maximum atomic E-state index is 12.3. The lowest BCUT2D eigenvalue weighted by molar-refractivity contribution is 0.136. The first-order valence-corrected chi connectivity index (χ1v) is 7.50. The summed E-state index contributed by atoms with van der Waals surface area (Å²) in [5.74, 6) is 0.591. The second-order valence-electron chi connectivity index (χ2n) is 5.03. The van der Waals surface area contributed by atoms with Crippen molar-refractivity contribution in [2.45, 2.75) is 12.8 Å². The number of piperidine rings is 1. The van der Waals surface area contributed by atoms with E-state index < -0.39 is 0 Å². The molecule has 2 N–H and O–H groups in total. The number of anilines is 1. The molecule has 1 aliphatic rings. The van der Waals surface area contributed by atoms with Gasteiger partial charge in [0, 0.05) is 25.8 Å². The number of rotatable bonds is 3. The fourth-order valence-corrected chi connectivity index (χ4v) is 2.71. The van der Waals surface area contributed by atoms with Crippen LogP contribution in [0.1, 0.15) is 12.8 Å². The number of carbonyl (C=O) groups is 1. The Morgan fingerprint density at radius 3 is 2.86 bits per heavy atom. The van der Waals surface area contributed by atoms with E-state index in [1.807, 2.05) is 0 Å². The second kappa shape index (κ2) is 7.20. The summed E-state index contributed by atoms with van der Waals surface area (Å²) in [5, 5.41) is 12.7. The highest BCUT2D eigenvalue weighted by Crippen LogP contribution is 2.34. The number of methoxy groups -OCH3 is 1. The van der Waals surface area contributed by atoms with Gasteiger partial charge in [0.25, 0.3) is 0 Å². The molecule has 116 valence electrons. The van der Waals surface area contributed by atoms with Crippen LogP contribution in [-0.2, 0) is 0 Å². The highest BCUT2D eigenvalue weighted by molar-refractivity contribution is 6.42. The maximum Gasteiger partial charge on any atom is 0.321 e. The lowest BCUT2D eigenvalue weighted by Crippen LogP contribution is -2.43. The van der Waals surface area contributed by atoms with Crippen LogP contribution < -0.4 is 10.1 Å². The predicted molar refractivity (Wildman–Crippen MR) is 83.4 cm³/mol. The molecular weight excluding hydrogens is 315 g/mol. The quantitative estimate of drug-likeness (QED) is 0.893. The first-order valence-electron chi connectivity index (χ1n) is 6.75. The normalized spacial score (nSPS) is 18.5. The number of ether oxygens (including phenoxy) is 1. The summed E-state index contributed by atoms with van der Waals surface area (Å²) in [5.41, 5.74) is 0.475. The monoisotopic (exact) mass is 332 g/mol. The van der Waals surface area contributed by atoms with Gasteiger partial charge in [-0.1, -0.05) is 23.2 Å². The Morgan fingerprint density at radius 2 is 2.19 bits per heavy atom. The Hall–Kier alpha value is -1.17. The molecule has 0 aromatic heterocycles. The standard InChI is InChI=1S/C14H18Cl2N2O3/c1-21-13-6-11(16)10(15)5-12(13)17-14(20)18-4-2-3-9(7-18)8-19/h5-6,9,19H,2-4,7-8H2,1H3,(H,17,20). The summed E-state index contributed by atoms with van der Waals surface area (Å²) in [6.45, 7) is 1.32. The van der Waals surface area contributed by atoms with Gasteiger partial charge in [0.05, 0.1) is 22.8 Å². The van der Waals surface area contributed by atoms with Gasteiger partial charge < -0.3 is 20.1 Å². The molecule has 1 aromatic carbocycles. The van der Waals surface area contributed by atoms with Crippen LogP contribution in [-0.4, -0.2) is 42.8 Å². The average Bonchev–Trinajstić information content (AvgIpc) is 2.50. The minimum absolute atomic E-state index is 0.0971. The Labute approximate surface area is 133 Å². The fourth-order valence-electron chi connectivity index (χ4n) is 2.39. The molecule has 5 nitrogen and oxygen atoms in total. The van der Waals surface area contributed by atoms with Crippen molar-refractivity contribution in [2.75, 3.05) is 32.1 Å². The van der Waals surface area contributed by atoms with E-state index >= 15 is 0 Å². The van der Waals surface area contributed by atoms with Crippen molar-refractivity contribution in [3.63, 3.8) is 0 Å². The van der Waals surface area contributed by atoms with Gasteiger partial charge in [-0.3, -0.25) is 0 Å². The molecule has 0 bridgehead atoms. The molecule has 0 saturated carbocycles. The van der Waals surface area contributed by atoms with Gasteiger partial charge in [-0.05, 0) is 24.8 Å². The van der Waals surface area contributed by atoms with E-state index in [2.05, 4.69) is 5.32 Å². The van der Waals surface area contributed by atoms with Gasteiger partial charge >= 0.3 is 6.03 Å². The molecule has 2 amide bonds. The largest absolute Gasteiger partial charge is 0.495 e. The zero-order valence-corrected chi connectivity index (χ0v) is 13.2. The number of likely N-dealkylation sites (tertiary alicyclic amines) is 1. The topological polar surface area (TPSA) is 61.8 Å². The minimum atomic E-state index is -0.232. The van der Waals surface area contributed by atoms with Gasteiger partial charge in [-0.2, -0.15) is 0 Å². The number of urea groups is 1. The number of nitrogens with zero attached hydrogens (tertiary/aromatic N) is 1. The van der Waals surface area contributed by atoms with Gasteiger partial charge in [0.2, 0.25) is 0 Å². The molecule has 0 aliphatic carbocycles. The number of hydrogen-bond acceptors (Lipinski definition) is 3. The van der Waals surface area contributed by atoms with E-state index in [0.29, 0.717) is 34.6 Å². The number of hydrogen-bond donors (Lipinski definition) is 2. The first kappa shape index (κ1) is 16.2. The molecule has 1 aromatic rings. The highest BCUT2D eigenvalue weighted by Gasteiger charge is 2.24. The summed E-state index contributed by atoms with van der Waals surface area (Å²) >= 11 is 11.9. The van der Waals surface area contributed by atoms with Crippen molar-refractivity contribution in [1.82, 2.24) is 4.90 Å². The predicted octanol–water partition coefficient (Wildman–Crippen LogP) is 3.24. The number of benzene rings is 1. The number of aliphatic hydroxyl groups excluding tert-OH is 1. The minimum Gasteiger partial charge on any atom is -0.495 e. The second-order valence-corrected chi connectivity index (χ2v) is 5.85. The van der Waals surface area contributed by atoms with Crippen LogP contribution in [0.15, 0.2) is 12.1 Å². The van der Waals surface area contributed by atoms with Gasteiger partial charge in [0.1, 0.15) is 5.75 Å². The number of aliphatic hydroxyl groups is 1. The fraction of sp³-hybridized carbons (Fsp3) is 0.500.